The van der Waals surface area contributed by atoms with Crippen LogP contribution in [-0.4, -0.2) is 67.3 Å². The number of aryl methyl sites for hydroxylation is 2. The number of sulfonamides is 1. The van der Waals surface area contributed by atoms with Gasteiger partial charge in [0.15, 0.2) is 5.76 Å². The Bertz CT molecular complexity index is 1070. The highest BCUT2D eigenvalue weighted by Gasteiger charge is 2.35. The number of aromatic nitrogens is 1. The van der Waals surface area contributed by atoms with Crippen LogP contribution in [0.15, 0.2) is 33.7 Å². The second-order valence-corrected chi connectivity index (χ2v) is 9.39. The molecular weight excluding hydrogens is 408 g/mol. The van der Waals surface area contributed by atoms with E-state index < -0.39 is 10.0 Å². The van der Waals surface area contributed by atoms with Gasteiger partial charge in [0.05, 0.1) is 11.3 Å². The molecule has 1 aromatic heterocycles. The molecule has 2 aliphatic heterocycles. The molecule has 1 aromatic carbocycles. The highest BCUT2D eigenvalue weighted by Crippen LogP contribution is 2.28. The van der Waals surface area contributed by atoms with E-state index in [0.717, 1.165) is 6.42 Å². The minimum atomic E-state index is -3.74. The molecule has 0 unspecified atom stereocenters. The molecule has 0 spiro atoms. The summed E-state index contributed by atoms with van der Waals surface area (Å²) in [5, 5.41) is 3.74. The number of rotatable bonds is 4. The van der Waals surface area contributed by atoms with E-state index in [-0.39, 0.29) is 48.6 Å². The van der Waals surface area contributed by atoms with Crippen LogP contribution in [0.2, 0.25) is 0 Å². The van der Waals surface area contributed by atoms with E-state index in [0.29, 0.717) is 29.9 Å². The van der Waals surface area contributed by atoms with Crippen LogP contribution in [0, 0.1) is 13.8 Å². The summed E-state index contributed by atoms with van der Waals surface area (Å²) in [6, 6.07) is 7.09. The number of nitrogens with zero attached hydrogens (tertiary/aromatic N) is 4. The molecule has 0 radical (unpaired) electrons. The zero-order valence-electron chi connectivity index (χ0n) is 17.0. The first-order chi connectivity index (χ1) is 14.3. The van der Waals surface area contributed by atoms with E-state index in [9.17, 15) is 18.0 Å². The number of piperazine rings is 1. The zero-order chi connectivity index (χ0) is 21.5. The molecule has 9 nitrogen and oxygen atoms in total. The van der Waals surface area contributed by atoms with Crippen LogP contribution < -0.4 is 4.90 Å². The molecule has 0 bridgehead atoms. The maximum Gasteiger partial charge on any atom is 0.256 e. The predicted octanol–water partition coefficient (Wildman–Crippen LogP) is 1.56. The maximum absolute atomic E-state index is 13.2. The molecule has 2 amide bonds. The molecule has 0 N–H and O–H groups in total. The van der Waals surface area contributed by atoms with Crippen LogP contribution in [0.3, 0.4) is 0 Å². The van der Waals surface area contributed by atoms with Crippen molar-refractivity contribution in [2.45, 2.75) is 31.6 Å². The van der Waals surface area contributed by atoms with Crippen molar-refractivity contribution in [1.29, 1.82) is 0 Å². The topological polar surface area (TPSA) is 104 Å². The summed E-state index contributed by atoms with van der Waals surface area (Å²) in [6.45, 7) is 4.68. The van der Waals surface area contributed by atoms with Gasteiger partial charge in [0.25, 0.3) is 5.91 Å². The van der Waals surface area contributed by atoms with Crippen molar-refractivity contribution in [2.24, 2.45) is 0 Å². The van der Waals surface area contributed by atoms with Gasteiger partial charge in [-0.05, 0) is 32.4 Å². The van der Waals surface area contributed by atoms with Gasteiger partial charge >= 0.3 is 0 Å². The third kappa shape index (κ3) is 3.50. The minimum Gasteiger partial charge on any atom is -0.360 e. The van der Waals surface area contributed by atoms with Gasteiger partial charge in [0.2, 0.25) is 15.9 Å². The fourth-order valence-corrected chi connectivity index (χ4v) is 5.78. The summed E-state index contributed by atoms with van der Waals surface area (Å²) < 4.78 is 32.3. The van der Waals surface area contributed by atoms with Gasteiger partial charge in [0.1, 0.15) is 10.6 Å². The van der Waals surface area contributed by atoms with Crippen LogP contribution in [0.5, 0.6) is 0 Å². The number of carbonyl (C=O) groups is 2. The minimum absolute atomic E-state index is 0.0191. The van der Waals surface area contributed by atoms with Crippen molar-refractivity contribution in [2.75, 3.05) is 37.6 Å². The zero-order valence-corrected chi connectivity index (χ0v) is 17.8. The summed E-state index contributed by atoms with van der Waals surface area (Å²) in [6.07, 6.45) is 1.26. The Labute approximate surface area is 175 Å². The average Bonchev–Trinajstić information content (AvgIpc) is 3.32. The SMILES string of the molecule is Cc1noc(C)c1S(=O)(=O)N1CCN(C(=O)c2ccccc2N2CCCC2=O)CC1. The van der Waals surface area contributed by atoms with Crippen LogP contribution in [-0.2, 0) is 14.8 Å². The van der Waals surface area contributed by atoms with Gasteiger partial charge in [-0.1, -0.05) is 17.3 Å². The number of carbonyl (C=O) groups excluding carboxylic acids is 2. The molecule has 2 aliphatic rings. The molecule has 4 rings (SSSR count). The lowest BCUT2D eigenvalue weighted by molar-refractivity contribution is -0.117. The first-order valence-corrected chi connectivity index (χ1v) is 11.4. The summed E-state index contributed by atoms with van der Waals surface area (Å²) in [7, 11) is -3.74. The van der Waals surface area contributed by atoms with Crippen molar-refractivity contribution in [3.63, 3.8) is 0 Å². The normalized spacial score (nSPS) is 18.3. The van der Waals surface area contributed by atoms with E-state index >= 15 is 0 Å². The van der Waals surface area contributed by atoms with E-state index in [1.165, 1.54) is 4.31 Å². The van der Waals surface area contributed by atoms with Gasteiger partial charge in [-0.15, -0.1) is 0 Å². The lowest BCUT2D eigenvalue weighted by atomic mass is 10.1. The second-order valence-electron chi connectivity index (χ2n) is 7.52. The summed E-state index contributed by atoms with van der Waals surface area (Å²) >= 11 is 0. The monoisotopic (exact) mass is 432 g/mol. The maximum atomic E-state index is 13.2. The van der Waals surface area contributed by atoms with Crippen molar-refractivity contribution in [3.05, 3.63) is 41.3 Å². The smallest absolute Gasteiger partial charge is 0.256 e. The molecule has 3 heterocycles. The third-order valence-corrected chi connectivity index (χ3v) is 7.73. The number of hydrogen-bond donors (Lipinski definition) is 0. The standard InChI is InChI=1S/C20H24N4O5S/c1-14-19(15(2)29-21-14)30(27,28)23-12-10-22(11-13-23)20(26)16-6-3-4-7-17(16)24-9-5-8-18(24)25/h3-4,6-7H,5,8-13H2,1-2H3. The predicted molar refractivity (Wildman–Crippen MR) is 109 cm³/mol. The number of benzene rings is 1. The van der Waals surface area contributed by atoms with Crippen molar-refractivity contribution in [1.82, 2.24) is 14.4 Å². The summed E-state index contributed by atoms with van der Waals surface area (Å²) in [5.74, 6) is 0.0838. The average molecular weight is 433 g/mol. The molecule has 0 saturated carbocycles. The largest absolute Gasteiger partial charge is 0.360 e. The highest BCUT2D eigenvalue weighted by atomic mass is 32.2. The van der Waals surface area contributed by atoms with Crippen molar-refractivity contribution < 1.29 is 22.5 Å². The van der Waals surface area contributed by atoms with Gasteiger partial charge in [-0.25, -0.2) is 8.42 Å². The molecule has 2 saturated heterocycles. The molecule has 2 fully saturated rings. The molecule has 160 valence electrons. The summed E-state index contributed by atoms with van der Waals surface area (Å²) in [4.78, 5) is 28.7. The molecular formula is C20H24N4O5S. The van der Waals surface area contributed by atoms with E-state index in [1.807, 2.05) is 6.07 Å². The Kier molecular flexibility index (Phi) is 5.37. The number of hydrogen-bond acceptors (Lipinski definition) is 6. The lowest BCUT2D eigenvalue weighted by Crippen LogP contribution is -2.50. The number of amides is 2. The fourth-order valence-electron chi connectivity index (χ4n) is 4.07. The van der Waals surface area contributed by atoms with E-state index in [4.69, 9.17) is 4.52 Å². The molecule has 0 aliphatic carbocycles. The molecule has 0 atom stereocenters. The number of para-hydroxylation sites is 1. The van der Waals surface area contributed by atoms with Gasteiger partial charge in [0, 0.05) is 39.1 Å². The van der Waals surface area contributed by atoms with Crippen LogP contribution in [0.25, 0.3) is 0 Å². The highest BCUT2D eigenvalue weighted by molar-refractivity contribution is 7.89. The number of anilines is 1. The van der Waals surface area contributed by atoms with Crippen molar-refractivity contribution in [3.8, 4) is 0 Å². The van der Waals surface area contributed by atoms with Gasteiger partial charge < -0.3 is 14.3 Å². The van der Waals surface area contributed by atoms with Gasteiger partial charge in [-0.3, -0.25) is 9.59 Å². The van der Waals surface area contributed by atoms with Crippen LogP contribution >= 0.6 is 0 Å². The van der Waals surface area contributed by atoms with Crippen molar-refractivity contribution >= 4 is 27.5 Å². The molecule has 30 heavy (non-hydrogen) atoms. The quantitative estimate of drug-likeness (QED) is 0.726. The van der Waals surface area contributed by atoms with E-state index in [1.54, 1.807) is 41.8 Å². The van der Waals surface area contributed by atoms with Crippen LogP contribution in [0.1, 0.15) is 34.7 Å². The Balaban J connectivity index is 1.50. The van der Waals surface area contributed by atoms with E-state index in [2.05, 4.69) is 5.16 Å². The Morgan fingerprint density at radius 2 is 1.77 bits per heavy atom. The second kappa shape index (κ2) is 7.84. The first kappa shape index (κ1) is 20.5. The first-order valence-electron chi connectivity index (χ1n) is 9.92. The fraction of sp³-hybridized carbons (Fsp3) is 0.450. The Hall–Kier alpha value is -2.72. The Morgan fingerprint density at radius 1 is 1.07 bits per heavy atom. The third-order valence-electron chi connectivity index (χ3n) is 5.59. The molecule has 10 heteroatoms. The lowest BCUT2D eigenvalue weighted by Gasteiger charge is -2.34. The Morgan fingerprint density at radius 3 is 2.37 bits per heavy atom. The molecule has 2 aromatic rings. The van der Waals surface area contributed by atoms with Gasteiger partial charge in [-0.2, -0.15) is 4.31 Å². The van der Waals surface area contributed by atoms with Crippen LogP contribution in [0.4, 0.5) is 5.69 Å². The summed E-state index contributed by atoms with van der Waals surface area (Å²) in [5.41, 5.74) is 1.42.